The molecule has 1 unspecified atom stereocenters. The Morgan fingerprint density at radius 3 is 2.92 bits per heavy atom. The van der Waals surface area contributed by atoms with Crippen molar-refractivity contribution in [2.45, 2.75) is 39.3 Å². The van der Waals surface area contributed by atoms with Gasteiger partial charge in [0.25, 0.3) is 0 Å². The van der Waals surface area contributed by atoms with Crippen molar-refractivity contribution in [3.05, 3.63) is 42.2 Å². The molecule has 2 aromatic rings. The van der Waals surface area contributed by atoms with E-state index in [1.807, 2.05) is 12.4 Å². The maximum absolute atomic E-state index is 9.48. The van der Waals surface area contributed by atoms with Gasteiger partial charge in [-0.1, -0.05) is 32.0 Å². The Bertz CT molecular complexity index is 668. The van der Waals surface area contributed by atoms with Gasteiger partial charge in [0, 0.05) is 56.6 Å². The minimum Gasteiger partial charge on any atom is -0.396 e. The van der Waals surface area contributed by atoms with Crippen molar-refractivity contribution in [1.82, 2.24) is 14.8 Å². The van der Waals surface area contributed by atoms with Crippen LogP contribution in [-0.4, -0.2) is 58.7 Å². The largest absolute Gasteiger partial charge is 0.396 e. The zero-order valence-corrected chi connectivity index (χ0v) is 15.6. The standard InChI is InChI=1S/C21H31N3O/c1-17(2)7-10-24-12-11-23(16-20(24)8-13-25)15-19-5-3-4-18-14-22-9-6-21(18)19/h3-6,9,14,17,20,25H,7-8,10-13,15-16H2,1-2H3. The first-order valence-electron chi connectivity index (χ1n) is 9.56. The lowest BCUT2D eigenvalue weighted by Crippen LogP contribution is -2.53. The Morgan fingerprint density at radius 2 is 2.12 bits per heavy atom. The first kappa shape index (κ1) is 18.3. The Morgan fingerprint density at radius 1 is 1.24 bits per heavy atom. The van der Waals surface area contributed by atoms with Crippen LogP contribution in [0.5, 0.6) is 0 Å². The van der Waals surface area contributed by atoms with E-state index in [9.17, 15) is 5.11 Å². The summed E-state index contributed by atoms with van der Waals surface area (Å²) in [6.45, 7) is 10.2. The third kappa shape index (κ3) is 4.78. The van der Waals surface area contributed by atoms with Crippen LogP contribution in [0.2, 0.25) is 0 Å². The molecule has 136 valence electrons. The maximum Gasteiger partial charge on any atom is 0.0446 e. The molecule has 3 rings (SSSR count). The van der Waals surface area contributed by atoms with E-state index < -0.39 is 0 Å². The van der Waals surface area contributed by atoms with Crippen LogP contribution in [-0.2, 0) is 6.54 Å². The quantitative estimate of drug-likeness (QED) is 0.840. The Hall–Kier alpha value is -1.49. The van der Waals surface area contributed by atoms with Crippen molar-refractivity contribution >= 4 is 10.8 Å². The number of hydrogen-bond acceptors (Lipinski definition) is 4. The molecule has 2 heterocycles. The summed E-state index contributed by atoms with van der Waals surface area (Å²) in [5.74, 6) is 0.733. The van der Waals surface area contributed by atoms with Crippen LogP contribution in [0.4, 0.5) is 0 Å². The number of hydrogen-bond donors (Lipinski definition) is 1. The van der Waals surface area contributed by atoms with Crippen LogP contribution in [0.1, 0.15) is 32.3 Å². The molecule has 1 aromatic heterocycles. The summed E-state index contributed by atoms with van der Waals surface area (Å²) in [4.78, 5) is 9.36. The van der Waals surface area contributed by atoms with Gasteiger partial charge in [0.1, 0.15) is 0 Å². The molecule has 1 N–H and O–H groups in total. The molecule has 0 saturated carbocycles. The topological polar surface area (TPSA) is 39.6 Å². The van der Waals surface area contributed by atoms with Crippen molar-refractivity contribution in [1.29, 1.82) is 0 Å². The van der Waals surface area contributed by atoms with Crippen molar-refractivity contribution < 1.29 is 5.11 Å². The van der Waals surface area contributed by atoms with Crippen LogP contribution in [0.25, 0.3) is 10.8 Å². The molecule has 0 amide bonds. The van der Waals surface area contributed by atoms with E-state index >= 15 is 0 Å². The molecule has 1 fully saturated rings. The SMILES string of the molecule is CC(C)CCN1CCN(Cc2cccc3cnccc23)CC1CCO. The highest BCUT2D eigenvalue weighted by Gasteiger charge is 2.26. The lowest BCUT2D eigenvalue weighted by atomic mass is 10.0. The van der Waals surface area contributed by atoms with Gasteiger partial charge in [0.05, 0.1) is 0 Å². The average molecular weight is 341 g/mol. The first-order valence-corrected chi connectivity index (χ1v) is 9.56. The number of pyridine rings is 1. The van der Waals surface area contributed by atoms with Gasteiger partial charge in [0.2, 0.25) is 0 Å². The molecule has 25 heavy (non-hydrogen) atoms. The van der Waals surface area contributed by atoms with Gasteiger partial charge in [-0.15, -0.1) is 0 Å². The van der Waals surface area contributed by atoms with Crippen molar-refractivity contribution in [3.63, 3.8) is 0 Å². The van der Waals surface area contributed by atoms with Gasteiger partial charge < -0.3 is 5.11 Å². The molecule has 0 spiro atoms. The molecule has 0 aliphatic carbocycles. The van der Waals surface area contributed by atoms with Crippen molar-refractivity contribution in [2.24, 2.45) is 5.92 Å². The van der Waals surface area contributed by atoms with Gasteiger partial charge >= 0.3 is 0 Å². The zero-order valence-electron chi connectivity index (χ0n) is 15.6. The molecule has 0 radical (unpaired) electrons. The van der Waals surface area contributed by atoms with Gasteiger partial charge in [-0.3, -0.25) is 14.8 Å². The van der Waals surface area contributed by atoms with Crippen LogP contribution < -0.4 is 0 Å². The van der Waals surface area contributed by atoms with E-state index in [1.54, 1.807) is 0 Å². The molecular formula is C21H31N3O. The molecule has 4 nitrogen and oxygen atoms in total. The summed E-state index contributed by atoms with van der Waals surface area (Å²) in [7, 11) is 0. The molecule has 1 saturated heterocycles. The number of aliphatic hydroxyl groups is 1. The van der Waals surface area contributed by atoms with E-state index in [4.69, 9.17) is 0 Å². The van der Waals surface area contributed by atoms with E-state index in [0.717, 1.165) is 45.1 Å². The number of nitrogens with zero attached hydrogens (tertiary/aromatic N) is 3. The van der Waals surface area contributed by atoms with Crippen LogP contribution in [0.3, 0.4) is 0 Å². The minimum absolute atomic E-state index is 0.274. The normalized spacial score (nSPS) is 19.8. The van der Waals surface area contributed by atoms with Crippen LogP contribution in [0.15, 0.2) is 36.7 Å². The number of aliphatic hydroxyl groups excluding tert-OH is 1. The second-order valence-electron chi connectivity index (χ2n) is 7.63. The molecule has 1 atom stereocenters. The molecule has 1 aliphatic heterocycles. The molecule has 1 aliphatic rings. The van der Waals surface area contributed by atoms with Gasteiger partial charge in [-0.25, -0.2) is 0 Å². The molecule has 0 bridgehead atoms. The second-order valence-corrected chi connectivity index (χ2v) is 7.63. The van der Waals surface area contributed by atoms with Crippen LogP contribution in [0, 0.1) is 5.92 Å². The average Bonchev–Trinajstić information content (AvgIpc) is 2.61. The van der Waals surface area contributed by atoms with Crippen LogP contribution >= 0.6 is 0 Å². The fourth-order valence-corrected chi connectivity index (χ4v) is 3.81. The zero-order chi connectivity index (χ0) is 17.6. The van der Waals surface area contributed by atoms with Crippen molar-refractivity contribution in [2.75, 3.05) is 32.8 Å². The first-order chi connectivity index (χ1) is 12.2. The van der Waals surface area contributed by atoms with Crippen molar-refractivity contribution in [3.8, 4) is 0 Å². The fraction of sp³-hybridized carbons (Fsp3) is 0.571. The summed E-state index contributed by atoms with van der Waals surface area (Å²) < 4.78 is 0. The third-order valence-electron chi connectivity index (χ3n) is 5.31. The van der Waals surface area contributed by atoms with Gasteiger partial charge in [-0.2, -0.15) is 0 Å². The fourth-order valence-electron chi connectivity index (χ4n) is 3.81. The molecule has 4 heteroatoms. The smallest absolute Gasteiger partial charge is 0.0446 e. The third-order valence-corrected chi connectivity index (χ3v) is 5.31. The predicted octanol–water partition coefficient (Wildman–Crippen LogP) is 3.15. The Kier molecular flexibility index (Phi) is 6.40. The molecular weight excluding hydrogens is 310 g/mol. The summed E-state index contributed by atoms with van der Waals surface area (Å²) in [6.07, 6.45) is 5.92. The van der Waals surface area contributed by atoms with E-state index in [0.29, 0.717) is 6.04 Å². The maximum atomic E-state index is 9.48. The highest BCUT2D eigenvalue weighted by Crippen LogP contribution is 2.22. The van der Waals surface area contributed by atoms with E-state index in [-0.39, 0.29) is 6.61 Å². The lowest BCUT2D eigenvalue weighted by molar-refractivity contribution is 0.0526. The Labute approximate surface area is 151 Å². The number of fused-ring (bicyclic) bond motifs is 1. The summed E-state index contributed by atoms with van der Waals surface area (Å²) in [5.41, 5.74) is 1.37. The van der Waals surface area contributed by atoms with E-state index in [2.05, 4.69) is 52.9 Å². The number of rotatable bonds is 7. The highest BCUT2D eigenvalue weighted by molar-refractivity contribution is 5.84. The Balaban J connectivity index is 1.67. The van der Waals surface area contributed by atoms with Gasteiger partial charge in [-0.05, 0) is 42.3 Å². The number of aromatic nitrogens is 1. The summed E-state index contributed by atoms with van der Waals surface area (Å²) in [6, 6.07) is 9.07. The molecule has 1 aromatic carbocycles. The monoisotopic (exact) mass is 341 g/mol. The van der Waals surface area contributed by atoms with Gasteiger partial charge in [0.15, 0.2) is 0 Å². The highest BCUT2D eigenvalue weighted by atomic mass is 16.3. The predicted molar refractivity (Wildman–Crippen MR) is 104 cm³/mol. The minimum atomic E-state index is 0.274. The summed E-state index contributed by atoms with van der Waals surface area (Å²) in [5, 5.41) is 12.0. The second kappa shape index (κ2) is 8.75. The number of piperazine rings is 1. The summed E-state index contributed by atoms with van der Waals surface area (Å²) >= 11 is 0. The lowest BCUT2D eigenvalue weighted by Gasteiger charge is -2.42. The van der Waals surface area contributed by atoms with E-state index in [1.165, 1.54) is 22.8 Å². The number of benzene rings is 1.